The number of hydrogen-bond acceptors (Lipinski definition) is 4. The fraction of sp³-hybridized carbons (Fsp3) is 0.706. The summed E-state index contributed by atoms with van der Waals surface area (Å²) in [5.41, 5.74) is -0.181. The predicted octanol–water partition coefficient (Wildman–Crippen LogP) is 2.73. The average Bonchev–Trinajstić information content (AvgIpc) is 2.46. The van der Waals surface area contributed by atoms with Crippen molar-refractivity contribution in [3.63, 3.8) is 0 Å². The van der Waals surface area contributed by atoms with Gasteiger partial charge in [-0.1, -0.05) is 13.8 Å². The van der Waals surface area contributed by atoms with Crippen LogP contribution in [0.5, 0.6) is 0 Å². The summed E-state index contributed by atoms with van der Waals surface area (Å²) >= 11 is 0. The fourth-order valence-electron chi connectivity index (χ4n) is 2.69. The highest BCUT2D eigenvalue weighted by Gasteiger charge is 2.28. The minimum Gasteiger partial charge on any atom is -0.356 e. The lowest BCUT2D eigenvalue weighted by Gasteiger charge is -2.34. The first kappa shape index (κ1) is 16.7. The standard InChI is InChI=1S/C17H28N4O/c1-12(2)15-18-9-8-14(19-15)21-10-6-7-13(11-21)16(22)20-17(3,4)5/h8-9,12-13H,6-7,10-11H2,1-5H3,(H,20,22). The molecule has 1 unspecified atom stereocenters. The Balaban J connectivity index is 2.07. The van der Waals surface area contributed by atoms with Crippen LogP contribution in [0.2, 0.25) is 0 Å². The van der Waals surface area contributed by atoms with Crippen molar-refractivity contribution in [3.05, 3.63) is 18.1 Å². The van der Waals surface area contributed by atoms with Crippen molar-refractivity contribution >= 4 is 11.7 Å². The largest absolute Gasteiger partial charge is 0.356 e. The number of amides is 1. The van der Waals surface area contributed by atoms with Crippen LogP contribution < -0.4 is 10.2 Å². The molecule has 1 aromatic rings. The van der Waals surface area contributed by atoms with E-state index < -0.39 is 0 Å². The van der Waals surface area contributed by atoms with Crippen LogP contribution in [0.4, 0.5) is 5.82 Å². The first-order chi connectivity index (χ1) is 10.3. The third-order valence-electron chi connectivity index (χ3n) is 3.79. The molecule has 1 fully saturated rings. The van der Waals surface area contributed by atoms with Gasteiger partial charge in [-0.3, -0.25) is 4.79 Å². The molecule has 0 aromatic carbocycles. The third kappa shape index (κ3) is 4.42. The average molecular weight is 304 g/mol. The number of aromatic nitrogens is 2. The molecule has 2 rings (SSSR count). The van der Waals surface area contributed by atoms with E-state index in [0.717, 1.165) is 37.6 Å². The van der Waals surface area contributed by atoms with Gasteiger partial charge >= 0.3 is 0 Å². The number of rotatable bonds is 3. The van der Waals surface area contributed by atoms with Gasteiger partial charge in [-0.2, -0.15) is 0 Å². The van der Waals surface area contributed by atoms with Gasteiger partial charge in [0, 0.05) is 30.7 Å². The number of anilines is 1. The normalized spacial score (nSPS) is 19.4. The maximum atomic E-state index is 12.4. The van der Waals surface area contributed by atoms with E-state index in [-0.39, 0.29) is 17.4 Å². The van der Waals surface area contributed by atoms with E-state index >= 15 is 0 Å². The van der Waals surface area contributed by atoms with Crippen molar-refractivity contribution < 1.29 is 4.79 Å². The second-order valence-electron chi connectivity index (χ2n) is 7.45. The summed E-state index contributed by atoms with van der Waals surface area (Å²) in [7, 11) is 0. The van der Waals surface area contributed by atoms with E-state index in [1.54, 1.807) is 0 Å². The monoisotopic (exact) mass is 304 g/mol. The van der Waals surface area contributed by atoms with E-state index in [4.69, 9.17) is 0 Å². The quantitative estimate of drug-likeness (QED) is 0.933. The molecule has 1 saturated heterocycles. The summed E-state index contributed by atoms with van der Waals surface area (Å²) in [4.78, 5) is 23.6. The maximum absolute atomic E-state index is 12.4. The second kappa shape index (κ2) is 6.63. The zero-order valence-corrected chi connectivity index (χ0v) is 14.4. The fourth-order valence-corrected chi connectivity index (χ4v) is 2.69. The molecule has 0 saturated carbocycles. The first-order valence-corrected chi connectivity index (χ1v) is 8.16. The minimum atomic E-state index is -0.181. The van der Waals surface area contributed by atoms with Gasteiger partial charge in [-0.15, -0.1) is 0 Å². The van der Waals surface area contributed by atoms with Crippen LogP contribution in [0, 0.1) is 5.92 Å². The molecule has 1 aliphatic rings. The number of hydrogen-bond donors (Lipinski definition) is 1. The van der Waals surface area contributed by atoms with Gasteiger partial charge < -0.3 is 10.2 Å². The molecule has 5 nitrogen and oxygen atoms in total. The van der Waals surface area contributed by atoms with Crippen LogP contribution in [0.15, 0.2) is 12.3 Å². The zero-order valence-electron chi connectivity index (χ0n) is 14.4. The molecule has 1 atom stereocenters. The Labute approximate surface area is 133 Å². The summed E-state index contributed by atoms with van der Waals surface area (Å²) in [5.74, 6) is 2.29. The minimum absolute atomic E-state index is 0.0328. The number of carbonyl (C=O) groups excluding carboxylic acids is 1. The van der Waals surface area contributed by atoms with E-state index in [2.05, 4.69) is 34.0 Å². The summed E-state index contributed by atoms with van der Waals surface area (Å²) < 4.78 is 0. The Morgan fingerprint density at radius 3 is 2.77 bits per heavy atom. The van der Waals surface area contributed by atoms with Crippen molar-refractivity contribution in [2.75, 3.05) is 18.0 Å². The molecular formula is C17H28N4O. The van der Waals surface area contributed by atoms with Gasteiger partial charge in [-0.05, 0) is 39.7 Å². The van der Waals surface area contributed by atoms with Crippen molar-refractivity contribution in [3.8, 4) is 0 Å². The summed E-state index contributed by atoms with van der Waals surface area (Å²) in [6.45, 7) is 11.9. The van der Waals surface area contributed by atoms with Gasteiger partial charge in [-0.25, -0.2) is 9.97 Å². The predicted molar refractivity (Wildman–Crippen MR) is 89.0 cm³/mol. The molecule has 2 heterocycles. The highest BCUT2D eigenvalue weighted by molar-refractivity contribution is 5.80. The lowest BCUT2D eigenvalue weighted by molar-refractivity contribution is -0.126. The van der Waals surface area contributed by atoms with Crippen LogP contribution >= 0.6 is 0 Å². The smallest absolute Gasteiger partial charge is 0.225 e. The second-order valence-corrected chi connectivity index (χ2v) is 7.45. The van der Waals surface area contributed by atoms with Crippen molar-refractivity contribution in [1.82, 2.24) is 15.3 Å². The van der Waals surface area contributed by atoms with Gasteiger partial charge in [0.05, 0.1) is 5.92 Å². The molecule has 122 valence electrons. The molecule has 1 aliphatic heterocycles. The van der Waals surface area contributed by atoms with Crippen LogP contribution in [0.25, 0.3) is 0 Å². The molecule has 0 bridgehead atoms. The van der Waals surface area contributed by atoms with Gasteiger partial charge in [0.2, 0.25) is 5.91 Å². The van der Waals surface area contributed by atoms with E-state index in [1.165, 1.54) is 0 Å². The molecule has 5 heteroatoms. The summed E-state index contributed by atoms with van der Waals surface area (Å²) in [6.07, 6.45) is 3.78. The van der Waals surface area contributed by atoms with Crippen molar-refractivity contribution in [2.24, 2.45) is 5.92 Å². The van der Waals surface area contributed by atoms with Gasteiger partial charge in [0.15, 0.2) is 0 Å². The number of nitrogens with one attached hydrogen (secondary N) is 1. The van der Waals surface area contributed by atoms with E-state index in [0.29, 0.717) is 5.92 Å². The van der Waals surface area contributed by atoms with Gasteiger partial charge in [0.1, 0.15) is 11.6 Å². The SMILES string of the molecule is CC(C)c1nccc(N2CCCC(C(=O)NC(C)(C)C)C2)n1. The Morgan fingerprint density at radius 1 is 1.41 bits per heavy atom. The van der Waals surface area contributed by atoms with E-state index in [1.807, 2.05) is 33.0 Å². The van der Waals surface area contributed by atoms with Crippen LogP contribution in [0.1, 0.15) is 59.2 Å². The molecule has 1 aromatic heterocycles. The molecule has 0 spiro atoms. The molecule has 0 aliphatic carbocycles. The highest BCUT2D eigenvalue weighted by atomic mass is 16.2. The maximum Gasteiger partial charge on any atom is 0.225 e. The Bertz CT molecular complexity index is 522. The third-order valence-corrected chi connectivity index (χ3v) is 3.79. The number of nitrogens with zero attached hydrogens (tertiary/aromatic N) is 3. The van der Waals surface area contributed by atoms with Crippen molar-refractivity contribution in [2.45, 2.75) is 58.9 Å². The van der Waals surface area contributed by atoms with Crippen LogP contribution in [0.3, 0.4) is 0 Å². The summed E-state index contributed by atoms with van der Waals surface area (Å²) in [5, 5.41) is 3.09. The van der Waals surface area contributed by atoms with Crippen LogP contribution in [-0.4, -0.2) is 34.5 Å². The van der Waals surface area contributed by atoms with Gasteiger partial charge in [0.25, 0.3) is 0 Å². The Hall–Kier alpha value is -1.65. The molecule has 1 amide bonds. The number of carbonyl (C=O) groups is 1. The molecule has 22 heavy (non-hydrogen) atoms. The van der Waals surface area contributed by atoms with Crippen molar-refractivity contribution in [1.29, 1.82) is 0 Å². The molecule has 1 N–H and O–H groups in total. The Morgan fingerprint density at radius 2 is 2.14 bits per heavy atom. The Kier molecular flexibility index (Phi) is 5.04. The van der Waals surface area contributed by atoms with Crippen LogP contribution in [-0.2, 0) is 4.79 Å². The first-order valence-electron chi connectivity index (χ1n) is 8.16. The molecule has 0 radical (unpaired) electrons. The lowest BCUT2D eigenvalue weighted by atomic mass is 9.95. The summed E-state index contributed by atoms with van der Waals surface area (Å²) in [6, 6.07) is 1.94. The zero-order chi connectivity index (χ0) is 16.3. The molecular weight excluding hydrogens is 276 g/mol. The topological polar surface area (TPSA) is 58.1 Å². The van der Waals surface area contributed by atoms with E-state index in [9.17, 15) is 4.79 Å². The number of piperidine rings is 1. The highest BCUT2D eigenvalue weighted by Crippen LogP contribution is 2.23. The lowest BCUT2D eigenvalue weighted by Crippen LogP contribution is -2.48.